The van der Waals surface area contributed by atoms with E-state index in [0.717, 1.165) is 5.69 Å². The van der Waals surface area contributed by atoms with Gasteiger partial charge < -0.3 is 14.9 Å². The summed E-state index contributed by atoms with van der Waals surface area (Å²) in [5.74, 6) is 1.16. The van der Waals surface area contributed by atoms with E-state index >= 15 is 0 Å². The maximum Gasteiger partial charge on any atom is 0.243 e. The number of rotatable bonds is 3. The Kier molecular flexibility index (Phi) is 3.04. The van der Waals surface area contributed by atoms with E-state index in [1.165, 1.54) is 0 Å². The van der Waals surface area contributed by atoms with Gasteiger partial charge in [0.15, 0.2) is 5.82 Å². The topological polar surface area (TPSA) is 84.1 Å². The molecule has 94 valence electrons. The van der Waals surface area contributed by atoms with Crippen LogP contribution in [0.5, 0.6) is 0 Å². The largest absolute Gasteiger partial charge is 0.392 e. The Hall–Kier alpha value is -1.79. The van der Waals surface area contributed by atoms with Gasteiger partial charge in [-0.3, -0.25) is 4.98 Å². The molecule has 0 radical (unpaired) electrons. The van der Waals surface area contributed by atoms with E-state index in [1.54, 1.807) is 6.20 Å². The molecule has 2 aromatic heterocycles. The minimum absolute atomic E-state index is 0.0371. The predicted molar refractivity (Wildman–Crippen MR) is 62.7 cm³/mol. The van der Waals surface area contributed by atoms with Gasteiger partial charge in [0, 0.05) is 18.4 Å². The zero-order valence-electron chi connectivity index (χ0n) is 9.78. The van der Waals surface area contributed by atoms with Crippen LogP contribution in [-0.4, -0.2) is 32.9 Å². The van der Waals surface area contributed by atoms with Crippen molar-refractivity contribution in [3.63, 3.8) is 0 Å². The van der Waals surface area contributed by atoms with Crippen molar-refractivity contribution < 1.29 is 9.63 Å². The van der Waals surface area contributed by atoms with Crippen molar-refractivity contribution >= 4 is 0 Å². The highest BCUT2D eigenvalue weighted by atomic mass is 16.5. The lowest BCUT2D eigenvalue weighted by Crippen LogP contribution is -2.15. The summed E-state index contributed by atoms with van der Waals surface area (Å²) in [5.41, 5.74) is 0.907. The van der Waals surface area contributed by atoms with E-state index in [0.29, 0.717) is 31.1 Å². The van der Waals surface area contributed by atoms with E-state index in [-0.39, 0.29) is 12.1 Å². The standard InChI is InChI=1S/C12H14N4O2/c17-9-6-10(14-7-9)12-15-11(16-18-12)5-8-3-1-2-4-13-8/h1-4,9-10,14,17H,5-7H2/t9-,10-/m0/s1. The second-order valence-electron chi connectivity index (χ2n) is 4.40. The molecule has 1 saturated heterocycles. The third-order valence-corrected chi connectivity index (χ3v) is 2.95. The molecule has 1 aliphatic rings. The van der Waals surface area contributed by atoms with Crippen LogP contribution in [0.2, 0.25) is 0 Å². The van der Waals surface area contributed by atoms with Gasteiger partial charge in [-0.15, -0.1) is 0 Å². The first-order valence-electron chi connectivity index (χ1n) is 5.95. The predicted octanol–water partition coefficient (Wildman–Crippen LogP) is 0.451. The first-order chi connectivity index (χ1) is 8.81. The van der Waals surface area contributed by atoms with Crippen molar-refractivity contribution in [1.29, 1.82) is 0 Å². The third kappa shape index (κ3) is 2.39. The van der Waals surface area contributed by atoms with Crippen LogP contribution in [0.3, 0.4) is 0 Å². The number of aliphatic hydroxyl groups excluding tert-OH is 1. The molecule has 2 aromatic rings. The molecule has 3 heterocycles. The van der Waals surface area contributed by atoms with Gasteiger partial charge in [0.2, 0.25) is 5.89 Å². The fourth-order valence-electron chi connectivity index (χ4n) is 2.05. The van der Waals surface area contributed by atoms with Crippen molar-refractivity contribution in [3.8, 4) is 0 Å². The molecule has 1 aliphatic heterocycles. The number of nitrogens with one attached hydrogen (secondary N) is 1. The lowest BCUT2D eigenvalue weighted by molar-refractivity contribution is 0.191. The number of hydrogen-bond donors (Lipinski definition) is 2. The minimum atomic E-state index is -0.332. The highest BCUT2D eigenvalue weighted by Crippen LogP contribution is 2.21. The highest BCUT2D eigenvalue weighted by molar-refractivity contribution is 5.09. The first-order valence-corrected chi connectivity index (χ1v) is 5.95. The summed E-state index contributed by atoms with van der Waals surface area (Å²) in [7, 11) is 0. The average Bonchev–Trinajstić information content (AvgIpc) is 2.99. The van der Waals surface area contributed by atoms with Crippen molar-refractivity contribution in [2.45, 2.75) is 25.0 Å². The molecule has 0 bridgehead atoms. The Morgan fingerprint density at radius 3 is 3.11 bits per heavy atom. The Bertz CT molecular complexity index is 514. The van der Waals surface area contributed by atoms with Crippen LogP contribution in [-0.2, 0) is 6.42 Å². The molecule has 0 aromatic carbocycles. The number of pyridine rings is 1. The molecule has 6 heteroatoms. The van der Waals surface area contributed by atoms with Crippen LogP contribution in [0.15, 0.2) is 28.9 Å². The zero-order valence-corrected chi connectivity index (χ0v) is 9.78. The summed E-state index contributed by atoms with van der Waals surface area (Å²) in [4.78, 5) is 8.55. The monoisotopic (exact) mass is 246 g/mol. The second-order valence-corrected chi connectivity index (χ2v) is 4.40. The maximum atomic E-state index is 9.44. The number of nitrogens with zero attached hydrogens (tertiary/aromatic N) is 3. The second kappa shape index (κ2) is 4.83. The van der Waals surface area contributed by atoms with Gasteiger partial charge in [0.25, 0.3) is 0 Å². The van der Waals surface area contributed by atoms with Crippen LogP contribution in [0.4, 0.5) is 0 Å². The molecule has 0 unspecified atom stereocenters. The molecule has 0 amide bonds. The summed E-state index contributed by atoms with van der Waals surface area (Å²) in [6.07, 6.45) is 2.58. The molecule has 18 heavy (non-hydrogen) atoms. The fourth-order valence-corrected chi connectivity index (χ4v) is 2.05. The van der Waals surface area contributed by atoms with Crippen molar-refractivity contribution in [2.24, 2.45) is 0 Å². The van der Waals surface area contributed by atoms with Crippen LogP contribution < -0.4 is 5.32 Å². The Balaban J connectivity index is 1.70. The van der Waals surface area contributed by atoms with E-state index in [4.69, 9.17) is 4.52 Å². The highest BCUT2D eigenvalue weighted by Gasteiger charge is 2.28. The Morgan fingerprint density at radius 1 is 1.44 bits per heavy atom. The molecular formula is C12H14N4O2. The fraction of sp³-hybridized carbons (Fsp3) is 0.417. The smallest absolute Gasteiger partial charge is 0.243 e. The van der Waals surface area contributed by atoms with E-state index in [9.17, 15) is 5.11 Å². The first kappa shape index (κ1) is 11.3. The van der Waals surface area contributed by atoms with Gasteiger partial charge in [0.05, 0.1) is 18.6 Å². The van der Waals surface area contributed by atoms with Gasteiger partial charge >= 0.3 is 0 Å². The molecule has 3 rings (SSSR count). The summed E-state index contributed by atoms with van der Waals surface area (Å²) in [6.45, 7) is 0.572. The summed E-state index contributed by atoms with van der Waals surface area (Å²) in [5, 5.41) is 16.5. The number of β-amino-alcohol motifs (C(OH)–C–C–N with tert-alkyl or cyclic N) is 1. The normalized spacial score (nSPS) is 23.4. The van der Waals surface area contributed by atoms with E-state index < -0.39 is 0 Å². The van der Waals surface area contributed by atoms with E-state index in [2.05, 4.69) is 20.4 Å². The van der Waals surface area contributed by atoms with Crippen LogP contribution in [0, 0.1) is 0 Å². The van der Waals surface area contributed by atoms with Gasteiger partial charge in [-0.1, -0.05) is 11.2 Å². The molecule has 0 aliphatic carbocycles. The summed E-state index contributed by atoms with van der Waals surface area (Å²) in [6, 6.07) is 5.69. The molecule has 1 fully saturated rings. The molecule has 2 atom stereocenters. The molecule has 2 N–H and O–H groups in total. The van der Waals surface area contributed by atoms with Crippen LogP contribution >= 0.6 is 0 Å². The molecule has 0 spiro atoms. The average molecular weight is 246 g/mol. The van der Waals surface area contributed by atoms with Crippen LogP contribution in [0.1, 0.15) is 29.9 Å². The van der Waals surface area contributed by atoms with Crippen molar-refractivity contribution in [2.75, 3.05) is 6.54 Å². The number of aliphatic hydroxyl groups is 1. The molecular weight excluding hydrogens is 232 g/mol. The molecule has 6 nitrogen and oxygen atoms in total. The minimum Gasteiger partial charge on any atom is -0.392 e. The third-order valence-electron chi connectivity index (χ3n) is 2.95. The van der Waals surface area contributed by atoms with Gasteiger partial charge in [-0.25, -0.2) is 0 Å². The lowest BCUT2D eigenvalue weighted by atomic mass is 10.2. The van der Waals surface area contributed by atoms with Gasteiger partial charge in [-0.2, -0.15) is 4.98 Å². The summed E-state index contributed by atoms with van der Waals surface area (Å²) >= 11 is 0. The SMILES string of the molecule is O[C@@H]1CN[C@H](c2nc(Cc3ccccn3)no2)C1. The number of hydrogen-bond acceptors (Lipinski definition) is 6. The Morgan fingerprint density at radius 2 is 2.39 bits per heavy atom. The zero-order chi connectivity index (χ0) is 12.4. The lowest BCUT2D eigenvalue weighted by Gasteiger charge is -2.01. The van der Waals surface area contributed by atoms with Crippen molar-refractivity contribution in [3.05, 3.63) is 41.8 Å². The Labute approximate surface area is 104 Å². The molecule has 0 saturated carbocycles. The maximum absolute atomic E-state index is 9.44. The van der Waals surface area contributed by atoms with Crippen molar-refractivity contribution in [1.82, 2.24) is 20.4 Å². The summed E-state index contributed by atoms with van der Waals surface area (Å²) < 4.78 is 5.21. The number of aromatic nitrogens is 3. The van der Waals surface area contributed by atoms with Gasteiger partial charge in [0.1, 0.15) is 0 Å². The van der Waals surface area contributed by atoms with E-state index in [1.807, 2.05) is 18.2 Å². The van der Waals surface area contributed by atoms with Crippen LogP contribution in [0.25, 0.3) is 0 Å². The quantitative estimate of drug-likeness (QED) is 0.818. The van der Waals surface area contributed by atoms with Gasteiger partial charge in [-0.05, 0) is 18.6 Å².